The molecule has 3 heterocycles. The van der Waals surface area contributed by atoms with Gasteiger partial charge in [-0.2, -0.15) is 5.26 Å². The molecule has 4 nitrogen and oxygen atoms in total. The molecule has 212 valence electrons. The summed E-state index contributed by atoms with van der Waals surface area (Å²) in [5, 5.41) is 13.9. The Morgan fingerprint density at radius 2 is 1.37 bits per heavy atom. The molecule has 7 rings (SSSR count). The average molecular weight is 562 g/mol. The van der Waals surface area contributed by atoms with E-state index >= 15 is 0 Å². The van der Waals surface area contributed by atoms with Gasteiger partial charge in [-0.15, -0.1) is 0 Å². The number of benzene rings is 4. The van der Waals surface area contributed by atoms with Crippen LogP contribution in [0.3, 0.4) is 0 Å². The van der Waals surface area contributed by atoms with E-state index in [9.17, 15) is 5.26 Å². The van der Waals surface area contributed by atoms with Crippen LogP contribution in [0.25, 0.3) is 60.7 Å². The summed E-state index contributed by atoms with van der Waals surface area (Å²) in [6.07, 6.45) is 1.96. The van der Waals surface area contributed by atoms with Crippen molar-refractivity contribution < 1.29 is 4.42 Å². The van der Waals surface area contributed by atoms with Gasteiger partial charge in [0.25, 0.3) is 0 Å². The van der Waals surface area contributed by atoms with E-state index in [1.165, 1.54) is 32.9 Å². The second-order valence-electron chi connectivity index (χ2n) is 13.8. The maximum atomic E-state index is 9.41. The number of hydrogen-bond donors (Lipinski definition) is 0. The predicted molar refractivity (Wildman–Crippen MR) is 178 cm³/mol. The quantitative estimate of drug-likeness (QED) is 0.211. The summed E-state index contributed by atoms with van der Waals surface area (Å²) in [5.41, 5.74) is 11.1. The van der Waals surface area contributed by atoms with Crippen LogP contribution in [-0.2, 0) is 10.8 Å². The number of para-hydroxylation sites is 1. The Morgan fingerprint density at radius 3 is 1.98 bits per heavy atom. The molecule has 3 aromatic heterocycles. The molecule has 0 spiro atoms. The van der Waals surface area contributed by atoms with E-state index in [4.69, 9.17) is 9.40 Å². The van der Waals surface area contributed by atoms with Crippen LogP contribution in [0.15, 0.2) is 89.5 Å². The summed E-state index contributed by atoms with van der Waals surface area (Å²) in [4.78, 5) is 4.90. The van der Waals surface area contributed by atoms with Crippen molar-refractivity contribution in [3.8, 4) is 23.0 Å². The molecule has 0 aliphatic carbocycles. The lowest BCUT2D eigenvalue weighted by molar-refractivity contribution is 0.590. The summed E-state index contributed by atoms with van der Waals surface area (Å²) in [7, 11) is 0. The minimum atomic E-state index is 0.0449. The van der Waals surface area contributed by atoms with Gasteiger partial charge in [0.1, 0.15) is 11.2 Å². The van der Waals surface area contributed by atoms with Gasteiger partial charge in [0.15, 0.2) is 0 Å². The van der Waals surface area contributed by atoms with Gasteiger partial charge in [0.2, 0.25) is 0 Å². The van der Waals surface area contributed by atoms with Crippen molar-refractivity contribution >= 4 is 43.7 Å². The monoisotopic (exact) mass is 561 g/mol. The van der Waals surface area contributed by atoms with E-state index in [2.05, 4.69) is 120 Å². The van der Waals surface area contributed by atoms with Gasteiger partial charge < -0.3 is 8.98 Å². The first-order chi connectivity index (χ1) is 20.4. The van der Waals surface area contributed by atoms with Crippen LogP contribution in [0, 0.1) is 18.3 Å². The highest BCUT2D eigenvalue weighted by Crippen LogP contribution is 2.40. The highest BCUT2D eigenvalue weighted by molar-refractivity contribution is 6.11. The first kappa shape index (κ1) is 27.0. The molecule has 0 radical (unpaired) electrons. The van der Waals surface area contributed by atoms with E-state index in [0.717, 1.165) is 38.9 Å². The molecule has 0 unspecified atom stereocenters. The van der Waals surface area contributed by atoms with Crippen LogP contribution in [0.2, 0.25) is 0 Å². The van der Waals surface area contributed by atoms with E-state index < -0.39 is 0 Å². The lowest BCUT2D eigenvalue weighted by Gasteiger charge is -2.19. The van der Waals surface area contributed by atoms with Crippen molar-refractivity contribution in [2.45, 2.75) is 59.3 Å². The molecule has 0 saturated heterocycles. The third-order valence-corrected chi connectivity index (χ3v) is 8.72. The van der Waals surface area contributed by atoms with Crippen LogP contribution in [0.5, 0.6) is 0 Å². The predicted octanol–water partition coefficient (Wildman–Crippen LogP) is 10.5. The second-order valence-corrected chi connectivity index (χ2v) is 13.8. The Bertz CT molecular complexity index is 2210. The van der Waals surface area contributed by atoms with Crippen LogP contribution in [-0.4, -0.2) is 9.55 Å². The zero-order valence-corrected chi connectivity index (χ0v) is 25.8. The van der Waals surface area contributed by atoms with Crippen molar-refractivity contribution in [1.29, 1.82) is 5.26 Å². The summed E-state index contributed by atoms with van der Waals surface area (Å²) in [6, 6.07) is 30.0. The molecule has 0 N–H and O–H groups in total. The second kappa shape index (κ2) is 9.31. The molecule has 0 aliphatic rings. The van der Waals surface area contributed by atoms with Gasteiger partial charge in [0.05, 0.1) is 34.0 Å². The highest BCUT2D eigenvalue weighted by Gasteiger charge is 2.22. The van der Waals surface area contributed by atoms with E-state index in [1.807, 2.05) is 24.4 Å². The van der Waals surface area contributed by atoms with Crippen molar-refractivity contribution in [3.63, 3.8) is 0 Å². The van der Waals surface area contributed by atoms with Crippen LogP contribution in [0.4, 0.5) is 0 Å². The lowest BCUT2D eigenvalue weighted by atomic mass is 9.85. The normalized spacial score (nSPS) is 12.5. The van der Waals surface area contributed by atoms with Gasteiger partial charge in [-0.1, -0.05) is 65.8 Å². The van der Waals surface area contributed by atoms with Gasteiger partial charge in [-0.05, 0) is 89.0 Å². The number of hydrogen-bond acceptors (Lipinski definition) is 3. The Morgan fingerprint density at radius 1 is 0.721 bits per heavy atom. The first-order valence-corrected chi connectivity index (χ1v) is 14.9. The number of aromatic nitrogens is 2. The third kappa shape index (κ3) is 4.31. The van der Waals surface area contributed by atoms with Crippen LogP contribution in [0.1, 0.15) is 63.8 Å². The zero-order valence-electron chi connectivity index (χ0n) is 25.8. The minimum absolute atomic E-state index is 0.0449. The fraction of sp³-hybridized carbons (Fsp3) is 0.231. The van der Waals surface area contributed by atoms with Gasteiger partial charge in [-0.25, -0.2) is 0 Å². The molecule has 4 aromatic carbocycles. The molecule has 0 aliphatic heterocycles. The molecule has 0 bridgehead atoms. The standard InChI is InChI=1S/C39H35N3O/c1-23-22-41-32(29-10-8-9-28-27-14-11-24(21-40)17-36(27)43-37(28)29)20-35(23)42-33-15-12-25(38(2,3)4)18-30(33)31-19-26(39(5,6)7)13-16-34(31)42/h8-20,22H,1-7H3. The van der Waals surface area contributed by atoms with Crippen molar-refractivity contribution in [2.75, 3.05) is 0 Å². The van der Waals surface area contributed by atoms with Gasteiger partial charge >= 0.3 is 0 Å². The van der Waals surface area contributed by atoms with E-state index in [0.29, 0.717) is 11.1 Å². The number of nitriles is 1. The molecule has 0 saturated carbocycles. The highest BCUT2D eigenvalue weighted by atomic mass is 16.3. The van der Waals surface area contributed by atoms with Gasteiger partial charge in [0, 0.05) is 33.3 Å². The number of aryl methyl sites for hydroxylation is 1. The fourth-order valence-corrected chi connectivity index (χ4v) is 6.19. The number of nitrogens with zero attached hydrogens (tertiary/aromatic N) is 3. The van der Waals surface area contributed by atoms with Crippen molar-refractivity contribution in [3.05, 3.63) is 107 Å². The molecule has 0 fully saturated rings. The molecule has 4 heteroatoms. The van der Waals surface area contributed by atoms with Crippen molar-refractivity contribution in [2.24, 2.45) is 0 Å². The Balaban J connectivity index is 1.50. The Hall–Kier alpha value is -4.88. The Labute approximate surface area is 252 Å². The van der Waals surface area contributed by atoms with E-state index in [1.54, 1.807) is 0 Å². The largest absolute Gasteiger partial charge is 0.455 e. The summed E-state index contributed by atoms with van der Waals surface area (Å²) in [5.74, 6) is 0. The topological polar surface area (TPSA) is 54.8 Å². The van der Waals surface area contributed by atoms with Crippen LogP contribution >= 0.6 is 0 Å². The zero-order chi connectivity index (χ0) is 30.3. The summed E-state index contributed by atoms with van der Waals surface area (Å²) >= 11 is 0. The minimum Gasteiger partial charge on any atom is -0.455 e. The van der Waals surface area contributed by atoms with E-state index in [-0.39, 0.29) is 10.8 Å². The maximum absolute atomic E-state index is 9.41. The van der Waals surface area contributed by atoms with Crippen molar-refractivity contribution in [1.82, 2.24) is 9.55 Å². The molecule has 0 amide bonds. The lowest BCUT2D eigenvalue weighted by Crippen LogP contribution is -2.10. The third-order valence-electron chi connectivity index (χ3n) is 8.72. The Kier molecular flexibility index (Phi) is 5.84. The maximum Gasteiger partial charge on any atom is 0.144 e. The molecular formula is C39H35N3O. The van der Waals surface area contributed by atoms with Gasteiger partial charge in [-0.3, -0.25) is 4.98 Å². The first-order valence-electron chi connectivity index (χ1n) is 14.9. The fourth-order valence-electron chi connectivity index (χ4n) is 6.19. The average Bonchev–Trinajstić information content (AvgIpc) is 3.51. The molecule has 43 heavy (non-hydrogen) atoms. The number of fused-ring (bicyclic) bond motifs is 6. The number of rotatable bonds is 2. The number of furan rings is 1. The molecular weight excluding hydrogens is 526 g/mol. The summed E-state index contributed by atoms with van der Waals surface area (Å²) in [6.45, 7) is 15.8. The number of pyridine rings is 1. The summed E-state index contributed by atoms with van der Waals surface area (Å²) < 4.78 is 8.76. The van der Waals surface area contributed by atoms with Crippen LogP contribution < -0.4 is 0 Å². The SMILES string of the molecule is Cc1cnc(-c2cccc3c2oc2cc(C#N)ccc23)cc1-n1c2ccc(C(C)(C)C)cc2c2cc(C(C)(C)C)ccc21. The molecule has 0 atom stereocenters. The molecule has 7 aromatic rings. The smallest absolute Gasteiger partial charge is 0.144 e.